The first-order valence-corrected chi connectivity index (χ1v) is 9.67. The summed E-state index contributed by atoms with van der Waals surface area (Å²) in [5.41, 5.74) is 7.56. The molecular weight excluding hydrogens is 340 g/mol. The van der Waals surface area contributed by atoms with Gasteiger partial charge in [-0.2, -0.15) is 0 Å². The number of hydrogen-bond donors (Lipinski definition) is 0. The normalized spacial score (nSPS) is 13.6. The third kappa shape index (κ3) is 4.69. The fourth-order valence-electron chi connectivity index (χ4n) is 3.52. The fourth-order valence-corrected chi connectivity index (χ4v) is 3.52. The standard InChI is InChI=1S/C27H23O/c1-4-10-22(11-5-1)18-25-16-17-28-21-26(19-23-12-6-2-7-13-23)27(25)20-24-14-8-3-9-15-24/h1-17H,18-20H2. The second kappa shape index (κ2) is 9.05. The minimum atomic E-state index is 0.809. The quantitative estimate of drug-likeness (QED) is 0.503. The summed E-state index contributed by atoms with van der Waals surface area (Å²) < 4.78 is 5.61. The number of ether oxygens (including phenoxy) is 1. The van der Waals surface area contributed by atoms with Crippen molar-refractivity contribution in [3.05, 3.63) is 143 Å². The molecule has 3 aromatic rings. The Labute approximate surface area is 167 Å². The zero-order valence-electron chi connectivity index (χ0n) is 15.8. The third-order valence-corrected chi connectivity index (χ3v) is 4.96. The number of allylic oxidation sites excluding steroid dienone is 4. The summed E-state index contributed by atoms with van der Waals surface area (Å²) >= 11 is 0. The van der Waals surface area contributed by atoms with E-state index in [0.29, 0.717) is 0 Å². The zero-order chi connectivity index (χ0) is 19.0. The average Bonchev–Trinajstić information content (AvgIpc) is 2.93. The van der Waals surface area contributed by atoms with Crippen molar-refractivity contribution >= 4 is 0 Å². The van der Waals surface area contributed by atoms with Crippen LogP contribution in [-0.4, -0.2) is 0 Å². The van der Waals surface area contributed by atoms with Crippen LogP contribution in [0.25, 0.3) is 0 Å². The lowest BCUT2D eigenvalue weighted by Gasteiger charge is -2.16. The molecule has 1 heterocycles. The Hall–Kier alpha value is -3.32. The Morgan fingerprint density at radius 1 is 0.571 bits per heavy atom. The summed E-state index contributed by atoms with van der Waals surface area (Å²) in [5, 5.41) is 0. The highest BCUT2D eigenvalue weighted by atomic mass is 16.5. The molecule has 0 spiro atoms. The van der Waals surface area contributed by atoms with Crippen molar-refractivity contribution in [2.24, 2.45) is 0 Å². The second-order valence-electron chi connectivity index (χ2n) is 6.99. The van der Waals surface area contributed by atoms with Gasteiger partial charge in [-0.3, -0.25) is 0 Å². The van der Waals surface area contributed by atoms with E-state index < -0.39 is 0 Å². The summed E-state index contributed by atoms with van der Waals surface area (Å²) in [5.74, 6) is 0. The molecule has 0 bridgehead atoms. The van der Waals surface area contributed by atoms with Crippen LogP contribution in [0.1, 0.15) is 16.7 Å². The molecule has 1 radical (unpaired) electrons. The molecule has 28 heavy (non-hydrogen) atoms. The molecule has 0 atom stereocenters. The van der Waals surface area contributed by atoms with E-state index in [-0.39, 0.29) is 0 Å². The molecule has 1 nitrogen and oxygen atoms in total. The van der Waals surface area contributed by atoms with Crippen LogP contribution < -0.4 is 0 Å². The molecule has 137 valence electrons. The summed E-state index contributed by atoms with van der Waals surface area (Å²) in [4.78, 5) is 0. The SMILES string of the molecule is [C]1=C(Cc2ccccc2)C(Cc2ccccc2)=C(Cc2ccccc2)C=CO1. The van der Waals surface area contributed by atoms with Crippen molar-refractivity contribution in [1.29, 1.82) is 0 Å². The molecule has 1 aliphatic rings. The summed E-state index contributed by atoms with van der Waals surface area (Å²) in [6.07, 6.45) is 9.59. The van der Waals surface area contributed by atoms with Crippen molar-refractivity contribution < 1.29 is 4.74 Å². The van der Waals surface area contributed by atoms with E-state index in [1.54, 1.807) is 6.26 Å². The van der Waals surface area contributed by atoms with Crippen molar-refractivity contribution in [3.8, 4) is 0 Å². The molecule has 0 aliphatic carbocycles. The van der Waals surface area contributed by atoms with Gasteiger partial charge in [0.15, 0.2) is 6.26 Å². The molecule has 0 unspecified atom stereocenters. The predicted molar refractivity (Wildman–Crippen MR) is 114 cm³/mol. The first-order chi connectivity index (χ1) is 13.9. The van der Waals surface area contributed by atoms with Crippen LogP contribution in [0.15, 0.2) is 120 Å². The van der Waals surface area contributed by atoms with Crippen molar-refractivity contribution in [2.45, 2.75) is 19.3 Å². The van der Waals surface area contributed by atoms with Crippen LogP contribution in [0.4, 0.5) is 0 Å². The van der Waals surface area contributed by atoms with Crippen LogP contribution in [0.5, 0.6) is 0 Å². The van der Waals surface area contributed by atoms with E-state index >= 15 is 0 Å². The fraction of sp³-hybridized carbons (Fsp3) is 0.111. The predicted octanol–water partition coefficient (Wildman–Crippen LogP) is 6.24. The van der Waals surface area contributed by atoms with Crippen LogP contribution >= 0.6 is 0 Å². The van der Waals surface area contributed by atoms with E-state index in [0.717, 1.165) is 24.8 Å². The van der Waals surface area contributed by atoms with Crippen molar-refractivity contribution in [1.82, 2.24) is 0 Å². The van der Waals surface area contributed by atoms with Gasteiger partial charge in [-0.25, -0.2) is 0 Å². The molecule has 4 rings (SSSR count). The highest BCUT2D eigenvalue weighted by molar-refractivity contribution is 5.46. The van der Waals surface area contributed by atoms with Gasteiger partial charge >= 0.3 is 0 Å². The molecule has 0 saturated carbocycles. The van der Waals surface area contributed by atoms with Crippen molar-refractivity contribution in [2.75, 3.05) is 0 Å². The molecule has 0 N–H and O–H groups in total. The smallest absolute Gasteiger partial charge is 0.173 e. The van der Waals surface area contributed by atoms with Gasteiger partial charge in [-0.15, -0.1) is 0 Å². The number of rotatable bonds is 6. The van der Waals surface area contributed by atoms with Gasteiger partial charge in [-0.05, 0) is 46.8 Å². The average molecular weight is 363 g/mol. The maximum atomic E-state index is 5.61. The molecule has 0 aromatic heterocycles. The molecule has 3 aromatic carbocycles. The Kier molecular flexibility index (Phi) is 5.84. The maximum absolute atomic E-state index is 5.61. The topological polar surface area (TPSA) is 9.23 Å². The highest BCUT2D eigenvalue weighted by Gasteiger charge is 2.16. The lowest BCUT2D eigenvalue weighted by molar-refractivity contribution is 0.371. The summed E-state index contributed by atoms with van der Waals surface area (Å²) in [7, 11) is 0. The first kappa shape index (κ1) is 18.1. The van der Waals surface area contributed by atoms with Gasteiger partial charge in [-0.1, -0.05) is 91.0 Å². The van der Waals surface area contributed by atoms with Gasteiger partial charge < -0.3 is 4.74 Å². The van der Waals surface area contributed by atoms with Crippen LogP contribution in [-0.2, 0) is 24.0 Å². The van der Waals surface area contributed by atoms with Gasteiger partial charge in [0.1, 0.15) is 0 Å². The van der Waals surface area contributed by atoms with Gasteiger partial charge in [0.25, 0.3) is 0 Å². The van der Waals surface area contributed by atoms with E-state index in [1.807, 2.05) is 6.07 Å². The van der Waals surface area contributed by atoms with Crippen molar-refractivity contribution in [3.63, 3.8) is 0 Å². The lowest BCUT2D eigenvalue weighted by Crippen LogP contribution is -2.04. The Morgan fingerprint density at radius 3 is 1.64 bits per heavy atom. The maximum Gasteiger partial charge on any atom is 0.173 e. The van der Waals surface area contributed by atoms with Crippen LogP contribution in [0, 0.1) is 6.26 Å². The van der Waals surface area contributed by atoms with Crippen LogP contribution in [0.3, 0.4) is 0 Å². The molecule has 0 amide bonds. The van der Waals surface area contributed by atoms with E-state index in [2.05, 4.69) is 97.3 Å². The zero-order valence-corrected chi connectivity index (χ0v) is 15.8. The minimum Gasteiger partial charge on any atom is -0.461 e. The first-order valence-electron chi connectivity index (χ1n) is 9.67. The molecule has 1 heteroatoms. The third-order valence-electron chi connectivity index (χ3n) is 4.96. The Bertz CT molecular complexity index is 980. The summed E-state index contributed by atoms with van der Waals surface area (Å²) in [6.45, 7) is 0. The number of benzene rings is 3. The number of hydrogen-bond acceptors (Lipinski definition) is 1. The minimum absolute atomic E-state index is 0.809. The van der Waals surface area contributed by atoms with Crippen LogP contribution in [0.2, 0.25) is 0 Å². The molecule has 0 fully saturated rings. The highest BCUT2D eigenvalue weighted by Crippen LogP contribution is 2.28. The lowest BCUT2D eigenvalue weighted by atomic mass is 9.88. The van der Waals surface area contributed by atoms with E-state index in [4.69, 9.17) is 4.74 Å². The second-order valence-corrected chi connectivity index (χ2v) is 6.99. The largest absolute Gasteiger partial charge is 0.461 e. The molecule has 0 saturated heterocycles. The van der Waals surface area contributed by atoms with Gasteiger partial charge in [0.2, 0.25) is 0 Å². The monoisotopic (exact) mass is 363 g/mol. The Morgan fingerprint density at radius 2 is 1.07 bits per heavy atom. The molecule has 1 aliphatic heterocycles. The Balaban J connectivity index is 1.72. The summed E-state index contributed by atoms with van der Waals surface area (Å²) in [6, 6.07) is 31.7. The molecular formula is C27H23O. The van der Waals surface area contributed by atoms with Gasteiger partial charge in [0.05, 0.1) is 6.26 Å². The van der Waals surface area contributed by atoms with E-state index in [1.165, 1.54) is 27.8 Å². The van der Waals surface area contributed by atoms with Gasteiger partial charge in [0, 0.05) is 12.0 Å². The van der Waals surface area contributed by atoms with E-state index in [9.17, 15) is 0 Å².